The molecule has 0 aliphatic rings. The Bertz CT molecular complexity index is 1060. The molecule has 3 aromatic rings. The fraction of sp³-hybridized carbons (Fsp3) is 0.269. The molecule has 3 aromatic carbocycles. The highest BCUT2D eigenvalue weighted by atomic mass is 16.5. The van der Waals surface area contributed by atoms with Crippen molar-refractivity contribution >= 4 is 5.97 Å². The van der Waals surface area contributed by atoms with Gasteiger partial charge in [-0.25, -0.2) is 4.79 Å². The molecule has 0 saturated heterocycles. The van der Waals surface area contributed by atoms with Gasteiger partial charge in [-0.3, -0.25) is 0 Å². The van der Waals surface area contributed by atoms with Crippen LogP contribution in [0.2, 0.25) is 0 Å². The van der Waals surface area contributed by atoms with Crippen molar-refractivity contribution in [3.8, 4) is 22.6 Å². The molecule has 0 aromatic heterocycles. The number of hydrogen-bond acceptors (Lipinski definition) is 5. The maximum atomic E-state index is 11.3. The minimum absolute atomic E-state index is 0.170. The second kappa shape index (κ2) is 10.3. The molecule has 168 valence electrons. The lowest BCUT2D eigenvalue weighted by Crippen LogP contribution is -2.35. The van der Waals surface area contributed by atoms with E-state index in [0.717, 1.165) is 33.6 Å². The van der Waals surface area contributed by atoms with Gasteiger partial charge >= 0.3 is 5.97 Å². The summed E-state index contributed by atoms with van der Waals surface area (Å²) in [7, 11) is 0. The molecule has 0 unspecified atom stereocenters. The van der Waals surface area contributed by atoms with Crippen molar-refractivity contribution < 1.29 is 24.9 Å². The number of phenols is 1. The minimum atomic E-state index is -0.917. The van der Waals surface area contributed by atoms with Gasteiger partial charge in [0.1, 0.15) is 18.1 Å². The highest BCUT2D eigenvalue weighted by Gasteiger charge is 2.16. The summed E-state index contributed by atoms with van der Waals surface area (Å²) in [6.07, 6.45) is -0.686. The number of carbonyl (C=O) groups is 1. The monoisotopic (exact) mass is 435 g/mol. The molecule has 6 heteroatoms. The Morgan fingerprint density at radius 1 is 1.00 bits per heavy atom. The first-order chi connectivity index (χ1) is 15.3. The number of nitrogens with one attached hydrogen (secondary N) is 1. The van der Waals surface area contributed by atoms with Crippen molar-refractivity contribution in [2.24, 2.45) is 0 Å². The second-order valence-electron chi connectivity index (χ2n) is 7.94. The van der Waals surface area contributed by atoms with Crippen LogP contribution in [0.15, 0.2) is 60.7 Å². The van der Waals surface area contributed by atoms with Crippen LogP contribution >= 0.6 is 0 Å². The highest BCUT2D eigenvalue weighted by Crippen LogP contribution is 2.28. The third-order valence-electron chi connectivity index (χ3n) is 5.51. The normalized spacial score (nSPS) is 12.9. The number of phenolic OH excluding ortho intramolecular Hbond substituents is 1. The third-order valence-corrected chi connectivity index (χ3v) is 5.51. The fourth-order valence-electron chi connectivity index (χ4n) is 3.62. The van der Waals surface area contributed by atoms with Crippen LogP contribution < -0.4 is 10.1 Å². The van der Waals surface area contributed by atoms with E-state index in [4.69, 9.17) is 4.74 Å². The van der Waals surface area contributed by atoms with E-state index in [0.29, 0.717) is 18.7 Å². The van der Waals surface area contributed by atoms with Gasteiger partial charge in [0.2, 0.25) is 0 Å². The van der Waals surface area contributed by atoms with Gasteiger partial charge in [0, 0.05) is 12.6 Å². The molecule has 0 heterocycles. The first-order valence-electron chi connectivity index (χ1n) is 10.5. The summed E-state index contributed by atoms with van der Waals surface area (Å²) >= 11 is 0. The van der Waals surface area contributed by atoms with Gasteiger partial charge in [0.15, 0.2) is 0 Å². The molecule has 0 spiro atoms. The van der Waals surface area contributed by atoms with Crippen LogP contribution in [0.4, 0.5) is 0 Å². The Labute approximate surface area is 188 Å². The van der Waals surface area contributed by atoms with Gasteiger partial charge in [-0.2, -0.15) is 0 Å². The van der Waals surface area contributed by atoms with Crippen LogP contribution in [0.3, 0.4) is 0 Å². The standard InChI is InChI=1S/C26H29NO5/c1-16-15-24(26(30)31)17(2)14-23(16)19-6-10-22(11-7-19)32-13-12-27-18(3)25(29)20-4-8-21(28)9-5-20/h4-11,14-15,18,25,27-29H,12-13H2,1-3H3,(H,30,31)/t18-,25-/m0/s1. The Kier molecular flexibility index (Phi) is 7.51. The molecule has 0 amide bonds. The maximum Gasteiger partial charge on any atom is 0.335 e. The molecule has 32 heavy (non-hydrogen) atoms. The Morgan fingerprint density at radius 2 is 1.66 bits per heavy atom. The van der Waals surface area contributed by atoms with Crippen LogP contribution in [0, 0.1) is 13.8 Å². The SMILES string of the molecule is Cc1cc(-c2ccc(OCCN[C@@H](C)[C@H](O)c3ccc(O)cc3)cc2)c(C)cc1C(=O)O. The van der Waals surface area contributed by atoms with E-state index in [1.165, 1.54) is 0 Å². The molecule has 0 saturated carbocycles. The van der Waals surface area contributed by atoms with Crippen LogP contribution in [-0.2, 0) is 0 Å². The van der Waals surface area contributed by atoms with Crippen LogP contribution in [-0.4, -0.2) is 40.5 Å². The molecule has 2 atom stereocenters. The topological polar surface area (TPSA) is 99.0 Å². The number of benzene rings is 3. The molecular formula is C26H29NO5. The number of hydrogen-bond donors (Lipinski definition) is 4. The summed E-state index contributed by atoms with van der Waals surface area (Å²) in [5, 5.41) is 32.3. The van der Waals surface area contributed by atoms with Crippen molar-refractivity contribution in [1.29, 1.82) is 0 Å². The van der Waals surface area contributed by atoms with Crippen LogP contribution in [0.25, 0.3) is 11.1 Å². The molecule has 6 nitrogen and oxygen atoms in total. The van der Waals surface area contributed by atoms with Crippen molar-refractivity contribution in [3.63, 3.8) is 0 Å². The van der Waals surface area contributed by atoms with E-state index in [-0.39, 0.29) is 11.8 Å². The Hall–Kier alpha value is -3.35. The average molecular weight is 436 g/mol. The quantitative estimate of drug-likeness (QED) is 0.370. The number of carboxylic acid groups (broad SMARTS) is 1. The highest BCUT2D eigenvalue weighted by molar-refractivity contribution is 5.91. The lowest BCUT2D eigenvalue weighted by Gasteiger charge is -2.21. The summed E-state index contributed by atoms with van der Waals surface area (Å²) in [5.74, 6) is -0.0122. The van der Waals surface area contributed by atoms with E-state index < -0.39 is 12.1 Å². The molecule has 0 aliphatic heterocycles. The Balaban J connectivity index is 1.53. The predicted octanol–water partition coefficient (Wildman–Crippen LogP) is 4.46. The number of rotatable bonds is 9. The van der Waals surface area contributed by atoms with Gasteiger partial charge in [-0.05, 0) is 78.9 Å². The lowest BCUT2D eigenvalue weighted by atomic mass is 9.95. The fourth-order valence-corrected chi connectivity index (χ4v) is 3.62. The number of carboxylic acids is 1. The molecule has 0 aliphatic carbocycles. The van der Waals surface area contributed by atoms with E-state index >= 15 is 0 Å². The number of aliphatic hydroxyl groups is 1. The lowest BCUT2D eigenvalue weighted by molar-refractivity contribution is 0.0696. The van der Waals surface area contributed by atoms with E-state index in [9.17, 15) is 20.1 Å². The Morgan fingerprint density at radius 3 is 2.28 bits per heavy atom. The minimum Gasteiger partial charge on any atom is -0.508 e. The van der Waals surface area contributed by atoms with Crippen LogP contribution in [0.5, 0.6) is 11.5 Å². The predicted molar refractivity (Wildman–Crippen MR) is 124 cm³/mol. The first-order valence-corrected chi connectivity index (χ1v) is 10.5. The molecule has 0 bridgehead atoms. The van der Waals surface area contributed by atoms with Gasteiger partial charge < -0.3 is 25.4 Å². The maximum absolute atomic E-state index is 11.3. The van der Waals surface area contributed by atoms with Gasteiger partial charge in [-0.15, -0.1) is 0 Å². The third kappa shape index (κ3) is 5.66. The molecule has 4 N–H and O–H groups in total. The smallest absolute Gasteiger partial charge is 0.335 e. The summed E-state index contributed by atoms with van der Waals surface area (Å²) in [4.78, 5) is 11.3. The van der Waals surface area contributed by atoms with Gasteiger partial charge in [-0.1, -0.05) is 30.3 Å². The van der Waals surface area contributed by atoms with Gasteiger partial charge in [0.25, 0.3) is 0 Å². The number of aryl methyl sites for hydroxylation is 2. The zero-order valence-corrected chi connectivity index (χ0v) is 18.5. The molecule has 3 rings (SSSR count). The number of aromatic carboxylic acids is 1. The van der Waals surface area contributed by atoms with E-state index in [2.05, 4.69) is 5.32 Å². The summed E-state index contributed by atoms with van der Waals surface area (Å²) in [5.41, 5.74) is 4.70. The first kappa shape index (κ1) is 23.3. The van der Waals surface area contributed by atoms with Crippen molar-refractivity contribution in [2.75, 3.05) is 13.2 Å². The second-order valence-corrected chi connectivity index (χ2v) is 7.94. The zero-order valence-electron chi connectivity index (χ0n) is 18.5. The number of aliphatic hydroxyl groups excluding tert-OH is 1. The van der Waals surface area contributed by atoms with E-state index in [1.807, 2.05) is 44.2 Å². The van der Waals surface area contributed by atoms with Gasteiger partial charge in [0.05, 0.1) is 11.7 Å². The van der Waals surface area contributed by atoms with Crippen molar-refractivity contribution in [1.82, 2.24) is 5.32 Å². The summed E-state index contributed by atoms with van der Waals surface area (Å²) in [6, 6.07) is 17.7. The number of aromatic hydroxyl groups is 1. The molecular weight excluding hydrogens is 406 g/mol. The van der Waals surface area contributed by atoms with Crippen molar-refractivity contribution in [3.05, 3.63) is 82.9 Å². The summed E-state index contributed by atoms with van der Waals surface area (Å²) < 4.78 is 5.80. The molecule has 0 radical (unpaired) electrons. The van der Waals surface area contributed by atoms with Crippen molar-refractivity contribution in [2.45, 2.75) is 32.9 Å². The largest absolute Gasteiger partial charge is 0.508 e. The summed E-state index contributed by atoms with van der Waals surface area (Å²) in [6.45, 7) is 6.61. The average Bonchev–Trinajstić information content (AvgIpc) is 2.78. The number of ether oxygens (including phenoxy) is 1. The van der Waals surface area contributed by atoms with Crippen LogP contribution in [0.1, 0.15) is 40.1 Å². The van der Waals surface area contributed by atoms with E-state index in [1.54, 1.807) is 37.3 Å². The zero-order chi connectivity index (χ0) is 23.3. The molecule has 0 fully saturated rings.